The average molecular weight is 205 g/mol. The van der Waals surface area contributed by atoms with Crippen molar-refractivity contribution in [2.75, 3.05) is 7.11 Å². The molecule has 1 aromatic heterocycles. The fourth-order valence-corrected chi connectivity index (χ4v) is 1.51. The molecule has 1 amide bonds. The molecule has 0 radical (unpaired) electrons. The van der Waals surface area contributed by atoms with E-state index in [0.29, 0.717) is 0 Å². The number of methoxy groups -OCH3 is 1. The van der Waals surface area contributed by atoms with Crippen LogP contribution in [0.3, 0.4) is 0 Å². The second-order valence-electron chi connectivity index (χ2n) is 3.27. The van der Waals surface area contributed by atoms with Gasteiger partial charge in [-0.1, -0.05) is 0 Å². The van der Waals surface area contributed by atoms with E-state index in [4.69, 9.17) is 14.9 Å². The summed E-state index contributed by atoms with van der Waals surface area (Å²) < 4.78 is 10.4. The van der Waals surface area contributed by atoms with Crippen LogP contribution < -0.4 is 10.5 Å². The first-order chi connectivity index (χ1) is 7.20. The van der Waals surface area contributed by atoms with E-state index in [1.54, 1.807) is 25.5 Å². The maximum absolute atomic E-state index is 10.8. The van der Waals surface area contributed by atoms with Crippen molar-refractivity contribution >= 4 is 16.9 Å². The minimum absolute atomic E-state index is 0.181. The summed E-state index contributed by atoms with van der Waals surface area (Å²) >= 11 is 0. The van der Waals surface area contributed by atoms with E-state index in [2.05, 4.69) is 0 Å². The molecular weight excluding hydrogens is 194 g/mol. The molecule has 2 N–H and O–H groups in total. The van der Waals surface area contributed by atoms with Gasteiger partial charge in [-0.3, -0.25) is 4.79 Å². The summed E-state index contributed by atoms with van der Waals surface area (Å²) in [4.78, 5) is 10.8. The summed E-state index contributed by atoms with van der Waals surface area (Å²) in [6.45, 7) is 0. The van der Waals surface area contributed by atoms with Gasteiger partial charge in [-0.15, -0.1) is 0 Å². The first kappa shape index (κ1) is 9.58. The minimum atomic E-state index is -0.375. The van der Waals surface area contributed by atoms with Gasteiger partial charge in [0.15, 0.2) is 0 Å². The molecule has 15 heavy (non-hydrogen) atoms. The number of nitrogens with two attached hydrogens (primary N) is 1. The molecule has 0 aliphatic carbocycles. The number of primary amides is 1. The van der Waals surface area contributed by atoms with Gasteiger partial charge in [0.1, 0.15) is 11.3 Å². The third kappa shape index (κ3) is 1.79. The zero-order valence-electron chi connectivity index (χ0n) is 8.32. The number of carbonyl (C=O) groups is 1. The van der Waals surface area contributed by atoms with E-state index < -0.39 is 0 Å². The third-order valence-corrected chi connectivity index (χ3v) is 2.23. The molecule has 0 saturated carbocycles. The van der Waals surface area contributed by atoms with Crippen LogP contribution in [0.1, 0.15) is 5.56 Å². The van der Waals surface area contributed by atoms with E-state index in [9.17, 15) is 4.79 Å². The summed E-state index contributed by atoms with van der Waals surface area (Å²) in [5.74, 6) is 0.357. The standard InChI is InChI=1S/C11H11NO3/c1-14-8-2-3-10-9(5-8)7(6-15-10)4-11(12)13/h2-3,5-6H,4H2,1H3,(H2,12,13). The Morgan fingerprint density at radius 2 is 2.33 bits per heavy atom. The summed E-state index contributed by atoms with van der Waals surface area (Å²) in [6.07, 6.45) is 1.73. The Hall–Kier alpha value is -1.97. The molecule has 78 valence electrons. The topological polar surface area (TPSA) is 65.5 Å². The van der Waals surface area contributed by atoms with E-state index in [-0.39, 0.29) is 12.3 Å². The lowest BCUT2D eigenvalue weighted by atomic mass is 10.1. The van der Waals surface area contributed by atoms with Crippen LogP contribution in [0.2, 0.25) is 0 Å². The lowest BCUT2D eigenvalue weighted by Gasteiger charge is -1.99. The van der Waals surface area contributed by atoms with Gasteiger partial charge in [0.2, 0.25) is 5.91 Å². The Labute approximate surface area is 86.6 Å². The molecule has 4 nitrogen and oxygen atoms in total. The van der Waals surface area contributed by atoms with Crippen molar-refractivity contribution < 1.29 is 13.9 Å². The molecule has 1 heterocycles. The van der Waals surface area contributed by atoms with Crippen LogP contribution in [-0.2, 0) is 11.2 Å². The van der Waals surface area contributed by atoms with Crippen molar-refractivity contribution in [3.63, 3.8) is 0 Å². The molecule has 2 aromatic rings. The second kappa shape index (κ2) is 3.65. The van der Waals surface area contributed by atoms with Gasteiger partial charge in [0.25, 0.3) is 0 Å². The van der Waals surface area contributed by atoms with Crippen LogP contribution in [-0.4, -0.2) is 13.0 Å². The van der Waals surface area contributed by atoms with Crippen LogP contribution in [0.4, 0.5) is 0 Å². The van der Waals surface area contributed by atoms with Crippen molar-refractivity contribution in [3.8, 4) is 5.75 Å². The van der Waals surface area contributed by atoms with E-state index in [1.807, 2.05) is 6.07 Å². The van der Waals surface area contributed by atoms with E-state index in [1.165, 1.54) is 0 Å². The second-order valence-corrected chi connectivity index (χ2v) is 3.27. The molecule has 0 bridgehead atoms. The van der Waals surface area contributed by atoms with Gasteiger partial charge < -0.3 is 14.9 Å². The van der Waals surface area contributed by atoms with Crippen molar-refractivity contribution in [2.24, 2.45) is 5.73 Å². The number of carbonyl (C=O) groups excluding carboxylic acids is 1. The lowest BCUT2D eigenvalue weighted by molar-refractivity contribution is -0.117. The Morgan fingerprint density at radius 3 is 3.00 bits per heavy atom. The van der Waals surface area contributed by atoms with Crippen molar-refractivity contribution in [2.45, 2.75) is 6.42 Å². The highest BCUT2D eigenvalue weighted by molar-refractivity contribution is 5.87. The monoisotopic (exact) mass is 205 g/mol. The molecule has 0 aliphatic rings. The number of ether oxygens (including phenoxy) is 1. The number of rotatable bonds is 3. The molecule has 0 spiro atoms. The molecule has 0 fully saturated rings. The number of fused-ring (bicyclic) bond motifs is 1. The van der Waals surface area contributed by atoms with E-state index >= 15 is 0 Å². The summed E-state index contributed by atoms with van der Waals surface area (Å²) in [5, 5.41) is 0.869. The number of amides is 1. The zero-order valence-corrected chi connectivity index (χ0v) is 8.32. The Bertz CT molecular complexity index is 502. The summed E-state index contributed by atoms with van der Waals surface area (Å²) in [5.41, 5.74) is 6.65. The lowest BCUT2D eigenvalue weighted by Crippen LogP contribution is -2.13. The van der Waals surface area contributed by atoms with Gasteiger partial charge in [0.05, 0.1) is 19.8 Å². The summed E-state index contributed by atoms with van der Waals surface area (Å²) in [7, 11) is 1.59. The number of hydrogen-bond acceptors (Lipinski definition) is 3. The van der Waals surface area contributed by atoms with Crippen LogP contribution >= 0.6 is 0 Å². The average Bonchev–Trinajstić information content (AvgIpc) is 2.60. The predicted octanol–water partition coefficient (Wildman–Crippen LogP) is 1.47. The molecule has 1 aromatic carbocycles. The maximum atomic E-state index is 10.8. The zero-order chi connectivity index (χ0) is 10.8. The predicted molar refractivity (Wildman–Crippen MR) is 55.7 cm³/mol. The van der Waals surface area contributed by atoms with Gasteiger partial charge >= 0.3 is 0 Å². The maximum Gasteiger partial charge on any atom is 0.221 e. The van der Waals surface area contributed by atoms with Crippen LogP contribution in [0, 0.1) is 0 Å². The first-order valence-electron chi connectivity index (χ1n) is 4.53. The Morgan fingerprint density at radius 1 is 1.53 bits per heavy atom. The van der Waals surface area contributed by atoms with Crippen LogP contribution in [0.15, 0.2) is 28.9 Å². The van der Waals surface area contributed by atoms with Gasteiger partial charge in [-0.05, 0) is 18.2 Å². The largest absolute Gasteiger partial charge is 0.497 e. The molecule has 2 rings (SSSR count). The van der Waals surface area contributed by atoms with Crippen LogP contribution in [0.25, 0.3) is 11.0 Å². The highest BCUT2D eigenvalue weighted by Crippen LogP contribution is 2.25. The molecule has 4 heteroatoms. The number of benzene rings is 1. The quantitative estimate of drug-likeness (QED) is 0.825. The van der Waals surface area contributed by atoms with Gasteiger partial charge in [0, 0.05) is 10.9 Å². The van der Waals surface area contributed by atoms with Crippen LogP contribution in [0.5, 0.6) is 5.75 Å². The van der Waals surface area contributed by atoms with E-state index in [0.717, 1.165) is 22.3 Å². The normalized spacial score (nSPS) is 10.5. The Balaban J connectivity index is 2.51. The smallest absolute Gasteiger partial charge is 0.221 e. The fourth-order valence-electron chi connectivity index (χ4n) is 1.51. The first-order valence-corrected chi connectivity index (χ1v) is 4.53. The summed E-state index contributed by atoms with van der Waals surface area (Å²) in [6, 6.07) is 5.44. The highest BCUT2D eigenvalue weighted by Gasteiger charge is 2.08. The fraction of sp³-hybridized carbons (Fsp3) is 0.182. The minimum Gasteiger partial charge on any atom is -0.497 e. The van der Waals surface area contributed by atoms with Crippen molar-refractivity contribution in [1.82, 2.24) is 0 Å². The molecular formula is C11H11NO3. The molecule has 0 aliphatic heterocycles. The SMILES string of the molecule is COc1ccc2occ(CC(N)=O)c2c1. The van der Waals surface area contributed by atoms with Crippen molar-refractivity contribution in [1.29, 1.82) is 0 Å². The number of hydrogen-bond donors (Lipinski definition) is 1. The van der Waals surface area contributed by atoms with Gasteiger partial charge in [-0.25, -0.2) is 0 Å². The van der Waals surface area contributed by atoms with Crippen molar-refractivity contribution in [3.05, 3.63) is 30.0 Å². The molecule has 0 unspecified atom stereocenters. The molecule has 0 saturated heterocycles. The number of furan rings is 1. The third-order valence-electron chi connectivity index (χ3n) is 2.23. The highest BCUT2D eigenvalue weighted by atomic mass is 16.5. The van der Waals surface area contributed by atoms with Gasteiger partial charge in [-0.2, -0.15) is 0 Å². The molecule has 0 atom stereocenters. The Kier molecular flexibility index (Phi) is 2.33.